The minimum absolute atomic E-state index is 0.0434. The molecular formula is C69H63N. The molecule has 9 aromatic rings. The first-order valence-electron chi connectivity index (χ1n) is 25.3. The number of nitrogens with zero attached hydrogens (tertiary/aromatic N) is 1. The van der Waals surface area contributed by atoms with Crippen LogP contribution in [0.25, 0.3) is 44.5 Å². The predicted molar refractivity (Wildman–Crippen MR) is 296 cm³/mol. The molecule has 0 heterocycles. The number of benzene rings is 9. The first-order valence-corrected chi connectivity index (χ1v) is 25.3. The van der Waals surface area contributed by atoms with Gasteiger partial charge in [-0.15, -0.1) is 0 Å². The smallest absolute Gasteiger partial charge is 0.0716 e. The molecule has 0 amide bonds. The van der Waals surface area contributed by atoms with Crippen molar-refractivity contribution in [2.75, 3.05) is 4.90 Å². The van der Waals surface area contributed by atoms with Gasteiger partial charge in [0.2, 0.25) is 0 Å². The van der Waals surface area contributed by atoms with Crippen LogP contribution in [0.5, 0.6) is 0 Å². The van der Waals surface area contributed by atoms with Gasteiger partial charge in [0, 0.05) is 27.8 Å². The maximum Gasteiger partial charge on any atom is 0.0716 e. The summed E-state index contributed by atoms with van der Waals surface area (Å²) in [6.45, 7) is 23.8. The van der Waals surface area contributed by atoms with Crippen LogP contribution in [0.15, 0.2) is 200 Å². The van der Waals surface area contributed by atoms with E-state index < -0.39 is 5.41 Å². The Bertz CT molecular complexity index is 3510. The number of hydrogen-bond donors (Lipinski definition) is 0. The summed E-state index contributed by atoms with van der Waals surface area (Å²) in [5.41, 5.74) is 26.5. The molecule has 0 fully saturated rings. The van der Waals surface area contributed by atoms with E-state index in [0.717, 1.165) is 11.4 Å². The van der Waals surface area contributed by atoms with Gasteiger partial charge in [-0.05, 0) is 142 Å². The molecule has 0 atom stereocenters. The molecule has 0 unspecified atom stereocenters. The van der Waals surface area contributed by atoms with E-state index >= 15 is 0 Å². The monoisotopic (exact) mass is 905 g/mol. The number of hydrogen-bond acceptors (Lipinski definition) is 1. The van der Waals surface area contributed by atoms with Crippen molar-refractivity contribution in [2.45, 2.75) is 96.3 Å². The third-order valence-corrected chi connectivity index (χ3v) is 16.4. The van der Waals surface area contributed by atoms with Crippen LogP contribution in [0.3, 0.4) is 0 Å². The molecule has 70 heavy (non-hydrogen) atoms. The molecule has 0 N–H and O–H groups in total. The molecule has 3 aliphatic carbocycles. The minimum Gasteiger partial charge on any atom is -0.310 e. The van der Waals surface area contributed by atoms with Gasteiger partial charge in [0.1, 0.15) is 0 Å². The highest BCUT2D eigenvalue weighted by atomic mass is 15.1. The second-order valence-corrected chi connectivity index (χ2v) is 23.3. The zero-order chi connectivity index (χ0) is 48.5. The lowest BCUT2D eigenvalue weighted by atomic mass is 9.63. The van der Waals surface area contributed by atoms with Crippen LogP contribution in [0.2, 0.25) is 0 Å². The molecule has 344 valence electrons. The average molecular weight is 906 g/mol. The van der Waals surface area contributed by atoms with Crippen LogP contribution >= 0.6 is 0 Å². The summed E-state index contributed by atoms with van der Waals surface area (Å²) in [5, 5.41) is 0. The Hall–Kier alpha value is -7.22. The molecule has 3 aliphatic rings. The van der Waals surface area contributed by atoms with Crippen molar-refractivity contribution in [1.82, 2.24) is 0 Å². The summed E-state index contributed by atoms with van der Waals surface area (Å²) in [6, 6.07) is 76.5. The van der Waals surface area contributed by atoms with Crippen molar-refractivity contribution in [2.24, 2.45) is 0 Å². The van der Waals surface area contributed by atoms with Gasteiger partial charge in [-0.1, -0.05) is 233 Å². The third kappa shape index (κ3) is 6.36. The summed E-state index contributed by atoms with van der Waals surface area (Å²) >= 11 is 0. The highest BCUT2D eigenvalue weighted by Crippen LogP contribution is 2.61. The summed E-state index contributed by atoms with van der Waals surface area (Å²) in [6.07, 6.45) is 0. The van der Waals surface area contributed by atoms with Crippen LogP contribution in [0.1, 0.15) is 125 Å². The summed E-state index contributed by atoms with van der Waals surface area (Å²) < 4.78 is 0. The molecule has 0 radical (unpaired) electrons. The van der Waals surface area contributed by atoms with E-state index in [4.69, 9.17) is 0 Å². The predicted octanol–water partition coefficient (Wildman–Crippen LogP) is 18.4. The van der Waals surface area contributed by atoms with Gasteiger partial charge >= 0.3 is 0 Å². The Labute approximate surface area is 416 Å². The van der Waals surface area contributed by atoms with Gasteiger partial charge < -0.3 is 4.90 Å². The largest absolute Gasteiger partial charge is 0.310 e. The van der Waals surface area contributed by atoms with Gasteiger partial charge in [-0.2, -0.15) is 0 Å². The Morgan fingerprint density at radius 3 is 1.59 bits per heavy atom. The second kappa shape index (κ2) is 15.4. The van der Waals surface area contributed by atoms with Crippen molar-refractivity contribution < 1.29 is 0 Å². The van der Waals surface area contributed by atoms with E-state index in [1.54, 1.807) is 0 Å². The quantitative estimate of drug-likeness (QED) is 0.161. The lowest BCUT2D eigenvalue weighted by Crippen LogP contribution is -2.32. The van der Waals surface area contributed by atoms with Gasteiger partial charge in [-0.3, -0.25) is 0 Å². The van der Waals surface area contributed by atoms with Gasteiger partial charge in [0.25, 0.3) is 0 Å². The number of anilines is 3. The molecule has 0 spiro atoms. The highest BCUT2D eigenvalue weighted by molar-refractivity contribution is 5.97. The second-order valence-electron chi connectivity index (χ2n) is 23.3. The maximum atomic E-state index is 2.55. The van der Waals surface area contributed by atoms with E-state index in [-0.39, 0.29) is 21.7 Å². The molecule has 0 saturated carbocycles. The lowest BCUT2D eigenvalue weighted by molar-refractivity contribution is 0.557. The summed E-state index contributed by atoms with van der Waals surface area (Å²) in [4.78, 5) is 2.55. The molecule has 9 aromatic carbocycles. The molecule has 1 nitrogen and oxygen atoms in total. The normalized spacial score (nSPS) is 15.3. The van der Waals surface area contributed by atoms with Crippen molar-refractivity contribution in [3.8, 4) is 44.5 Å². The number of rotatable bonds is 6. The van der Waals surface area contributed by atoms with Crippen LogP contribution in [-0.4, -0.2) is 0 Å². The molecule has 0 saturated heterocycles. The average Bonchev–Trinajstić information content (AvgIpc) is 3.88. The fourth-order valence-electron chi connectivity index (χ4n) is 12.8. The van der Waals surface area contributed by atoms with E-state index in [2.05, 4.69) is 274 Å². The third-order valence-electron chi connectivity index (χ3n) is 16.4. The van der Waals surface area contributed by atoms with Crippen molar-refractivity contribution in [3.63, 3.8) is 0 Å². The Morgan fingerprint density at radius 1 is 0.357 bits per heavy atom. The van der Waals surface area contributed by atoms with Crippen LogP contribution in [0, 0.1) is 0 Å². The minimum atomic E-state index is -0.512. The Balaban J connectivity index is 1.10. The molecule has 12 rings (SSSR count). The molecule has 0 aromatic heterocycles. The van der Waals surface area contributed by atoms with Gasteiger partial charge in [0.05, 0.1) is 11.1 Å². The van der Waals surface area contributed by atoms with E-state index in [0.29, 0.717) is 0 Å². The zero-order valence-electron chi connectivity index (χ0n) is 42.5. The lowest BCUT2D eigenvalue weighted by Gasteiger charge is -2.38. The molecule has 0 aliphatic heterocycles. The van der Waals surface area contributed by atoms with E-state index in [1.165, 1.54) is 106 Å². The van der Waals surface area contributed by atoms with Crippen molar-refractivity contribution >= 4 is 17.1 Å². The van der Waals surface area contributed by atoms with Crippen molar-refractivity contribution in [3.05, 3.63) is 256 Å². The van der Waals surface area contributed by atoms with Gasteiger partial charge in [-0.25, -0.2) is 0 Å². The number of fused-ring (bicyclic) bond motifs is 9. The van der Waals surface area contributed by atoms with Gasteiger partial charge in [0.15, 0.2) is 0 Å². The summed E-state index contributed by atoms with van der Waals surface area (Å²) in [7, 11) is 0. The highest BCUT2D eigenvalue weighted by Gasteiger charge is 2.49. The molecular weight excluding hydrogens is 843 g/mol. The Morgan fingerprint density at radius 2 is 0.914 bits per heavy atom. The van der Waals surface area contributed by atoms with Crippen molar-refractivity contribution in [1.29, 1.82) is 0 Å². The van der Waals surface area contributed by atoms with Crippen LogP contribution < -0.4 is 4.90 Å². The molecule has 0 bridgehead atoms. The standard InChI is InChI=1S/C69H63N/c1-65(2,3)48-41-55-54-40-45(35-38-58(54)69(46-24-13-11-14-25-46,47-26-15-12-16-27-47)64(55)61(42-48)66(4,5)6)44-23-21-28-49(39-44)70(50-36-37-52-51-29-17-19-31-56(51)68(9,10)60(52)43-50)62-34-22-33-59-63(62)53-30-18-20-32-57(53)67(59,7)8/h11-43H,1-10H3. The molecule has 1 heteroatoms. The fraction of sp³-hybridized carbons (Fsp3) is 0.217. The first-order chi connectivity index (χ1) is 33.5. The maximum absolute atomic E-state index is 2.55. The topological polar surface area (TPSA) is 3.24 Å². The van der Waals surface area contributed by atoms with E-state index in [1.807, 2.05) is 0 Å². The fourth-order valence-corrected chi connectivity index (χ4v) is 12.8. The van der Waals surface area contributed by atoms with Crippen LogP contribution in [0.4, 0.5) is 17.1 Å². The first kappa shape index (κ1) is 44.0. The Kier molecular flexibility index (Phi) is 9.68. The van der Waals surface area contributed by atoms with Crippen LogP contribution in [-0.2, 0) is 27.1 Å². The SMILES string of the molecule is CC(C)(C)c1cc2c(c(C(C)(C)C)c1)C(c1ccccc1)(c1ccccc1)c1ccc(-c3cccc(N(c4ccc5c(c4)C(C)(C)c4ccccc4-5)c4cccc5c4-c4ccccc4C5(C)C)c3)cc1-2. The zero-order valence-corrected chi connectivity index (χ0v) is 42.5. The summed E-state index contributed by atoms with van der Waals surface area (Å²) in [5.74, 6) is 0. The van der Waals surface area contributed by atoms with E-state index in [9.17, 15) is 0 Å².